The average molecular weight is 254 g/mol. The Labute approximate surface area is 69.4 Å². The number of allylic oxidation sites excluding steroid dienone is 1. The Balaban J connectivity index is 3.36. The molecule has 0 nitrogen and oxygen atoms in total. The van der Waals surface area contributed by atoms with Crippen molar-refractivity contribution in [3.05, 3.63) is 6.08 Å². The number of hydrogen-bond acceptors (Lipinski definition) is 0. The summed E-state index contributed by atoms with van der Waals surface area (Å²) >= 11 is -1.61. The van der Waals surface area contributed by atoms with Gasteiger partial charge in [-0.25, -0.2) is 0 Å². The van der Waals surface area contributed by atoms with Crippen molar-refractivity contribution in [1.82, 2.24) is 0 Å². The maximum absolute atomic E-state index is 5.52. The molecule has 0 unspecified atom stereocenters. The molecule has 0 saturated heterocycles. The first-order chi connectivity index (χ1) is 4.27. The Kier molecular flexibility index (Phi) is 7.63. The van der Waals surface area contributed by atoms with Crippen LogP contribution in [0.2, 0.25) is 0 Å². The second-order valence-electron chi connectivity index (χ2n) is 1.63. The third-order valence-electron chi connectivity index (χ3n) is 0.851. The monoisotopic (exact) mass is 254 g/mol. The fourth-order valence-corrected chi connectivity index (χ4v) is 1.58. The van der Waals surface area contributed by atoms with Gasteiger partial charge in [-0.1, -0.05) is 0 Å². The van der Waals surface area contributed by atoms with Gasteiger partial charge in [0.15, 0.2) is 0 Å². The van der Waals surface area contributed by atoms with E-state index in [1.54, 1.807) is 0 Å². The van der Waals surface area contributed by atoms with Gasteiger partial charge in [0.2, 0.25) is 0 Å². The van der Waals surface area contributed by atoms with Gasteiger partial charge >= 0.3 is 69.4 Å². The first-order valence-corrected chi connectivity index (χ1v) is 8.19. The van der Waals surface area contributed by atoms with Crippen molar-refractivity contribution < 1.29 is 13.5 Å². The summed E-state index contributed by atoms with van der Waals surface area (Å²) in [6, 6.07) is 0. The van der Waals surface area contributed by atoms with Crippen LogP contribution in [-0.4, -0.2) is 4.26 Å². The maximum atomic E-state index is 5.52. The van der Waals surface area contributed by atoms with E-state index >= 15 is 0 Å². The van der Waals surface area contributed by atoms with Crippen LogP contribution in [0.5, 0.6) is 0 Å². The zero-order chi connectivity index (χ0) is 7.11. The molecule has 0 aliphatic carbocycles. The van der Waals surface area contributed by atoms with Crippen molar-refractivity contribution in [1.29, 1.82) is 0 Å². The van der Waals surface area contributed by atoms with Crippen LogP contribution in [0.25, 0.3) is 0 Å². The summed E-state index contributed by atoms with van der Waals surface area (Å²) in [5, 5.41) is 0. The van der Waals surface area contributed by atoms with E-state index in [0.717, 1.165) is 6.42 Å². The molecule has 3 heteroatoms. The molecule has 0 aromatic rings. The van der Waals surface area contributed by atoms with Crippen molar-refractivity contribution in [2.75, 3.05) is 0 Å². The van der Waals surface area contributed by atoms with E-state index in [1.807, 2.05) is 6.08 Å². The molecule has 0 rings (SSSR count). The molecule has 0 amide bonds. The molecule has 0 radical (unpaired) electrons. The van der Waals surface area contributed by atoms with Gasteiger partial charge in [-0.15, -0.1) is 0 Å². The first-order valence-electron chi connectivity index (χ1n) is 2.85. The molecule has 0 aromatic carbocycles. The first kappa shape index (κ1) is 9.85. The fraction of sp³-hybridized carbons (Fsp3) is 0.667. The molecule has 0 fully saturated rings. The van der Waals surface area contributed by atoms with E-state index in [4.69, 9.17) is 19.4 Å². The predicted molar refractivity (Wildman–Crippen MR) is 40.8 cm³/mol. The minimum absolute atomic E-state index is 1.07. The summed E-state index contributed by atoms with van der Waals surface area (Å²) in [5.74, 6) is 0. The molecule has 0 bridgehead atoms. The van der Waals surface area contributed by atoms with Crippen LogP contribution in [0.4, 0.5) is 0 Å². The van der Waals surface area contributed by atoms with Crippen LogP contribution in [0.15, 0.2) is 6.08 Å². The Morgan fingerprint density at radius 3 is 2.67 bits per heavy atom. The van der Waals surface area contributed by atoms with E-state index in [0.29, 0.717) is 0 Å². The molecule has 56 valence electrons. The summed E-state index contributed by atoms with van der Waals surface area (Å²) in [6.07, 6.45) is 5.46. The second kappa shape index (κ2) is 6.97. The van der Waals surface area contributed by atoms with E-state index in [2.05, 4.69) is 11.2 Å². The molecule has 0 spiro atoms. The van der Waals surface area contributed by atoms with Gasteiger partial charge in [0.05, 0.1) is 0 Å². The Bertz CT molecular complexity index is 121. The van der Waals surface area contributed by atoms with E-state index in [-0.39, 0.29) is 0 Å². The molecule has 0 saturated carbocycles. The van der Waals surface area contributed by atoms with Gasteiger partial charge in [0.1, 0.15) is 0 Å². The van der Waals surface area contributed by atoms with Gasteiger partial charge in [-0.3, -0.25) is 0 Å². The average Bonchev–Trinajstić information content (AvgIpc) is 1.80. The van der Waals surface area contributed by atoms with Crippen LogP contribution in [0, 0.1) is 0 Å². The summed E-state index contributed by atoms with van der Waals surface area (Å²) in [7, 11) is 11.0. The molecular formula is C6H10Cl2Ru. The third-order valence-corrected chi connectivity index (χ3v) is 2.50. The standard InChI is InChI=1S/C6H10.2ClH.Ru/c1-3-5-6-4-2;;;/h4H,3,5-6H2,1H3;2*1H;/q;;;+2/p-2. The van der Waals surface area contributed by atoms with E-state index < -0.39 is 13.5 Å². The molecular weight excluding hydrogens is 244 g/mol. The van der Waals surface area contributed by atoms with Crippen LogP contribution >= 0.6 is 19.4 Å². The summed E-state index contributed by atoms with van der Waals surface area (Å²) in [4.78, 5) is 0. The molecule has 9 heavy (non-hydrogen) atoms. The Morgan fingerprint density at radius 1 is 1.56 bits per heavy atom. The minimum atomic E-state index is -1.61. The predicted octanol–water partition coefficient (Wildman–Crippen LogP) is 3.06. The van der Waals surface area contributed by atoms with Gasteiger partial charge in [0, 0.05) is 0 Å². The van der Waals surface area contributed by atoms with Gasteiger partial charge < -0.3 is 0 Å². The number of rotatable bonds is 3. The van der Waals surface area contributed by atoms with Crippen LogP contribution in [-0.2, 0) is 13.5 Å². The van der Waals surface area contributed by atoms with Crippen molar-refractivity contribution >= 4 is 23.6 Å². The van der Waals surface area contributed by atoms with Gasteiger partial charge in [-0.2, -0.15) is 0 Å². The van der Waals surface area contributed by atoms with Crippen molar-refractivity contribution in [2.45, 2.75) is 26.2 Å². The Morgan fingerprint density at radius 2 is 2.22 bits per heavy atom. The number of hydrogen-bond donors (Lipinski definition) is 0. The van der Waals surface area contributed by atoms with E-state index in [1.165, 1.54) is 12.8 Å². The molecule has 0 aliphatic rings. The van der Waals surface area contributed by atoms with Gasteiger partial charge in [-0.05, 0) is 0 Å². The van der Waals surface area contributed by atoms with Crippen molar-refractivity contribution in [3.63, 3.8) is 0 Å². The van der Waals surface area contributed by atoms with Gasteiger partial charge in [0.25, 0.3) is 0 Å². The normalized spacial score (nSPS) is 10.3. The van der Waals surface area contributed by atoms with Crippen LogP contribution < -0.4 is 0 Å². The Hall–Kier alpha value is 0.853. The molecule has 0 aliphatic heterocycles. The summed E-state index contributed by atoms with van der Waals surface area (Å²) < 4.78 is 2.93. The molecule has 0 atom stereocenters. The zero-order valence-corrected chi connectivity index (χ0v) is 8.56. The summed E-state index contributed by atoms with van der Waals surface area (Å²) in [6.45, 7) is 2.16. The molecule has 0 N–H and O–H groups in total. The summed E-state index contributed by atoms with van der Waals surface area (Å²) in [5.41, 5.74) is 0. The van der Waals surface area contributed by atoms with Crippen molar-refractivity contribution in [3.8, 4) is 0 Å². The fourth-order valence-electron chi connectivity index (χ4n) is 0.412. The van der Waals surface area contributed by atoms with Crippen LogP contribution in [0.1, 0.15) is 26.2 Å². The van der Waals surface area contributed by atoms with Crippen molar-refractivity contribution in [2.24, 2.45) is 0 Å². The van der Waals surface area contributed by atoms with E-state index in [9.17, 15) is 0 Å². The van der Waals surface area contributed by atoms with Crippen LogP contribution in [0.3, 0.4) is 0 Å². The third kappa shape index (κ3) is 8.85. The number of unbranched alkanes of at least 4 members (excludes halogenated alkanes) is 2. The molecule has 0 aromatic heterocycles. The number of halogens is 2. The second-order valence-corrected chi connectivity index (χ2v) is 7.01. The zero-order valence-electron chi connectivity index (χ0n) is 5.31. The SMILES string of the molecule is CCCCC=[C]=[Ru]([Cl])[Cl]. The molecule has 0 heterocycles. The quantitative estimate of drug-likeness (QED) is 0.536. The topological polar surface area (TPSA) is 0 Å².